The molecule has 0 unspecified atom stereocenters. The monoisotopic (exact) mass is 488 g/mol. The van der Waals surface area contributed by atoms with Crippen molar-refractivity contribution >= 4 is 40.1 Å². The van der Waals surface area contributed by atoms with Crippen LogP contribution in [0, 0.1) is 0 Å². The van der Waals surface area contributed by atoms with E-state index in [2.05, 4.69) is 10.3 Å². The third-order valence-electron chi connectivity index (χ3n) is 6.08. The first-order valence-electron chi connectivity index (χ1n) is 11.3. The van der Waals surface area contributed by atoms with Crippen LogP contribution in [-0.4, -0.2) is 50.5 Å². The number of anilines is 1. The van der Waals surface area contributed by atoms with Crippen molar-refractivity contribution in [3.05, 3.63) is 81.4 Å². The highest BCUT2D eigenvalue weighted by atomic mass is 32.1. The number of carbonyl (C=O) groups excluding carboxylic acids is 4. The average molecular weight is 489 g/mol. The van der Waals surface area contributed by atoms with Crippen LogP contribution in [0.15, 0.2) is 48.5 Å². The normalized spacial score (nSPS) is 15.2. The third-order valence-corrected chi connectivity index (χ3v) is 7.08. The van der Waals surface area contributed by atoms with Crippen LogP contribution in [0.3, 0.4) is 0 Å². The first-order valence-corrected chi connectivity index (χ1v) is 12.1. The summed E-state index contributed by atoms with van der Waals surface area (Å²) in [5, 5.41) is 3.24. The van der Waals surface area contributed by atoms with Crippen LogP contribution in [0.1, 0.15) is 72.8 Å². The number of aromatic nitrogens is 1. The highest BCUT2D eigenvalue weighted by molar-refractivity contribution is 7.15. The van der Waals surface area contributed by atoms with Crippen molar-refractivity contribution < 1.29 is 19.2 Å². The summed E-state index contributed by atoms with van der Waals surface area (Å²) in [6.45, 7) is 6.38. The van der Waals surface area contributed by atoms with Crippen molar-refractivity contribution in [2.45, 2.75) is 39.3 Å². The van der Waals surface area contributed by atoms with Gasteiger partial charge in [0, 0.05) is 34.5 Å². The zero-order valence-electron chi connectivity index (χ0n) is 19.6. The Morgan fingerprint density at radius 3 is 2.40 bits per heavy atom. The Morgan fingerprint density at radius 2 is 1.69 bits per heavy atom. The SMILES string of the molecule is CC(C)(C)N1C(=O)c2ccc(C(=O)Nc3nc4c(s3)CN(C(=O)c3ccccc3)CC4)cc2C1=O. The number of thiazole rings is 1. The fraction of sp³-hybridized carbons (Fsp3) is 0.269. The molecule has 3 heterocycles. The van der Waals surface area contributed by atoms with Gasteiger partial charge in [-0.2, -0.15) is 0 Å². The van der Waals surface area contributed by atoms with Crippen LogP contribution < -0.4 is 5.32 Å². The lowest BCUT2D eigenvalue weighted by molar-refractivity contribution is 0.0507. The molecule has 0 bridgehead atoms. The summed E-state index contributed by atoms with van der Waals surface area (Å²) in [4.78, 5) is 59.7. The lowest BCUT2D eigenvalue weighted by Crippen LogP contribution is -2.45. The molecule has 5 rings (SSSR count). The van der Waals surface area contributed by atoms with Gasteiger partial charge < -0.3 is 4.90 Å². The van der Waals surface area contributed by atoms with Crippen molar-refractivity contribution in [1.82, 2.24) is 14.8 Å². The van der Waals surface area contributed by atoms with E-state index in [1.54, 1.807) is 43.9 Å². The molecule has 1 N–H and O–H groups in total. The van der Waals surface area contributed by atoms with Gasteiger partial charge in [0.2, 0.25) is 0 Å². The van der Waals surface area contributed by atoms with Gasteiger partial charge in [-0.25, -0.2) is 4.98 Å². The summed E-state index contributed by atoms with van der Waals surface area (Å²) in [5.41, 5.74) is 1.66. The molecule has 4 amide bonds. The smallest absolute Gasteiger partial charge is 0.262 e. The first-order chi connectivity index (χ1) is 16.6. The largest absolute Gasteiger partial charge is 0.333 e. The van der Waals surface area contributed by atoms with Gasteiger partial charge in [-0.3, -0.25) is 29.4 Å². The number of imide groups is 1. The number of nitrogens with zero attached hydrogens (tertiary/aromatic N) is 3. The molecule has 3 aromatic rings. The number of nitrogens with one attached hydrogen (secondary N) is 1. The van der Waals surface area contributed by atoms with Crippen LogP contribution in [0.25, 0.3) is 0 Å². The minimum Gasteiger partial charge on any atom is -0.333 e. The van der Waals surface area contributed by atoms with E-state index >= 15 is 0 Å². The summed E-state index contributed by atoms with van der Waals surface area (Å²) in [5.74, 6) is -1.20. The zero-order chi connectivity index (χ0) is 24.9. The average Bonchev–Trinajstić information content (AvgIpc) is 3.35. The van der Waals surface area contributed by atoms with Gasteiger partial charge in [0.25, 0.3) is 23.6 Å². The van der Waals surface area contributed by atoms with Crippen molar-refractivity contribution in [3.63, 3.8) is 0 Å². The number of hydrogen-bond acceptors (Lipinski definition) is 6. The van der Waals surface area contributed by atoms with E-state index in [0.29, 0.717) is 35.8 Å². The Labute approximate surface area is 206 Å². The van der Waals surface area contributed by atoms with E-state index in [0.717, 1.165) is 10.6 Å². The molecule has 0 saturated heterocycles. The van der Waals surface area contributed by atoms with E-state index < -0.39 is 17.4 Å². The van der Waals surface area contributed by atoms with E-state index in [-0.39, 0.29) is 22.9 Å². The second-order valence-electron chi connectivity index (χ2n) is 9.56. The molecule has 2 aliphatic rings. The molecule has 1 aromatic heterocycles. The molecule has 178 valence electrons. The summed E-state index contributed by atoms with van der Waals surface area (Å²) >= 11 is 1.34. The maximum atomic E-state index is 12.9. The number of benzene rings is 2. The van der Waals surface area contributed by atoms with E-state index in [1.807, 2.05) is 18.2 Å². The van der Waals surface area contributed by atoms with Crippen LogP contribution >= 0.6 is 11.3 Å². The molecular weight excluding hydrogens is 464 g/mol. The number of carbonyl (C=O) groups is 4. The van der Waals surface area contributed by atoms with Gasteiger partial charge in [-0.15, -0.1) is 0 Å². The molecule has 9 heteroatoms. The van der Waals surface area contributed by atoms with E-state index in [9.17, 15) is 19.2 Å². The Kier molecular flexibility index (Phi) is 5.52. The van der Waals surface area contributed by atoms with Crippen molar-refractivity contribution in [2.24, 2.45) is 0 Å². The Bertz CT molecular complexity index is 1370. The Morgan fingerprint density at radius 1 is 0.971 bits per heavy atom. The van der Waals surface area contributed by atoms with Crippen molar-refractivity contribution in [1.29, 1.82) is 0 Å². The second-order valence-corrected chi connectivity index (χ2v) is 10.6. The van der Waals surface area contributed by atoms with E-state index in [1.165, 1.54) is 28.4 Å². The van der Waals surface area contributed by atoms with Crippen LogP contribution in [0.5, 0.6) is 0 Å². The molecule has 0 atom stereocenters. The molecule has 8 nitrogen and oxygen atoms in total. The minimum absolute atomic E-state index is 0.0307. The molecular formula is C26H24N4O4S. The summed E-state index contributed by atoms with van der Waals surface area (Å²) < 4.78 is 0. The number of amides is 4. The van der Waals surface area contributed by atoms with Crippen LogP contribution in [-0.2, 0) is 13.0 Å². The van der Waals surface area contributed by atoms with Crippen LogP contribution in [0.4, 0.5) is 5.13 Å². The van der Waals surface area contributed by atoms with Gasteiger partial charge >= 0.3 is 0 Å². The molecule has 0 aliphatic carbocycles. The lowest BCUT2D eigenvalue weighted by atomic mass is 10.1. The maximum absolute atomic E-state index is 12.9. The minimum atomic E-state index is -0.661. The number of fused-ring (bicyclic) bond motifs is 2. The van der Waals surface area contributed by atoms with Gasteiger partial charge in [-0.1, -0.05) is 29.5 Å². The van der Waals surface area contributed by atoms with Crippen LogP contribution in [0.2, 0.25) is 0 Å². The molecule has 0 spiro atoms. The zero-order valence-corrected chi connectivity index (χ0v) is 20.4. The standard InChI is InChI=1S/C26H24N4O4S/c1-26(2,3)30-23(33)17-10-9-16(13-18(17)24(30)34)21(31)28-25-27-19-11-12-29(14-20(19)35-25)22(32)15-7-5-4-6-8-15/h4-10,13H,11-12,14H2,1-3H3,(H,27,28,31). The highest BCUT2D eigenvalue weighted by Gasteiger charge is 2.42. The molecule has 0 saturated carbocycles. The highest BCUT2D eigenvalue weighted by Crippen LogP contribution is 2.31. The van der Waals surface area contributed by atoms with Gasteiger partial charge in [0.15, 0.2) is 5.13 Å². The van der Waals surface area contributed by atoms with E-state index in [4.69, 9.17) is 0 Å². The molecule has 35 heavy (non-hydrogen) atoms. The number of rotatable bonds is 3. The summed E-state index contributed by atoms with van der Waals surface area (Å²) in [6.07, 6.45) is 0.609. The quantitative estimate of drug-likeness (QED) is 0.562. The predicted molar refractivity (Wildman–Crippen MR) is 132 cm³/mol. The summed E-state index contributed by atoms with van der Waals surface area (Å²) in [6, 6.07) is 13.7. The third kappa shape index (κ3) is 4.12. The topological polar surface area (TPSA) is 99.7 Å². The fourth-order valence-electron chi connectivity index (χ4n) is 4.35. The second kappa shape index (κ2) is 8.42. The molecule has 2 aromatic carbocycles. The number of hydrogen-bond donors (Lipinski definition) is 1. The molecule has 2 aliphatic heterocycles. The van der Waals surface area contributed by atoms with Gasteiger partial charge in [-0.05, 0) is 51.1 Å². The fourth-order valence-corrected chi connectivity index (χ4v) is 5.37. The molecule has 0 fully saturated rings. The summed E-state index contributed by atoms with van der Waals surface area (Å²) in [7, 11) is 0. The van der Waals surface area contributed by atoms with Gasteiger partial charge in [0.1, 0.15) is 0 Å². The lowest BCUT2D eigenvalue weighted by Gasteiger charge is -2.29. The maximum Gasteiger partial charge on any atom is 0.262 e. The van der Waals surface area contributed by atoms with Crippen molar-refractivity contribution in [2.75, 3.05) is 11.9 Å². The Hall–Kier alpha value is -3.85. The van der Waals surface area contributed by atoms with Gasteiger partial charge in [0.05, 0.1) is 23.4 Å². The van der Waals surface area contributed by atoms with Crippen molar-refractivity contribution in [3.8, 4) is 0 Å². The predicted octanol–water partition coefficient (Wildman–Crippen LogP) is 3.99. The first kappa shape index (κ1) is 22.9. The Balaban J connectivity index is 1.31. The molecule has 0 radical (unpaired) electrons.